The van der Waals surface area contributed by atoms with Crippen LogP contribution in [0.5, 0.6) is 5.75 Å². The zero-order valence-electron chi connectivity index (χ0n) is 23.1. The van der Waals surface area contributed by atoms with Crippen LogP contribution in [0, 0.1) is 36.5 Å². The van der Waals surface area contributed by atoms with Gasteiger partial charge in [0.05, 0.1) is 23.9 Å². The van der Waals surface area contributed by atoms with Gasteiger partial charge in [-0.25, -0.2) is 23.3 Å². The van der Waals surface area contributed by atoms with Gasteiger partial charge in [-0.05, 0) is 48.9 Å². The van der Waals surface area contributed by atoms with Crippen molar-refractivity contribution in [3.05, 3.63) is 70.0 Å². The fourth-order valence-electron chi connectivity index (χ4n) is 3.97. The van der Waals surface area contributed by atoms with Crippen LogP contribution in [0.4, 0.5) is 8.78 Å². The Kier molecular flexibility index (Phi) is 10.1. The lowest BCUT2D eigenvalue weighted by Gasteiger charge is -2.16. The largest absolute Gasteiger partial charge is 0.494 e. The van der Waals surface area contributed by atoms with E-state index >= 15 is 0 Å². The van der Waals surface area contributed by atoms with E-state index in [1.807, 2.05) is 0 Å². The van der Waals surface area contributed by atoms with E-state index in [1.165, 1.54) is 30.0 Å². The van der Waals surface area contributed by atoms with Crippen molar-refractivity contribution in [3.8, 4) is 35.0 Å². The Hall–Kier alpha value is -4.26. The number of aromatic nitrogens is 3. The molecule has 0 unspecified atom stereocenters. The molecule has 2 atom stereocenters. The number of carbonyl (C=O) groups excluding carboxylic acids is 1. The highest BCUT2D eigenvalue weighted by molar-refractivity contribution is 8.26. The van der Waals surface area contributed by atoms with Gasteiger partial charge in [-0.2, -0.15) is 0 Å². The third-order valence-corrected chi connectivity index (χ3v) is 7.68. The molecule has 0 aliphatic heterocycles. The van der Waals surface area contributed by atoms with E-state index in [4.69, 9.17) is 26.4 Å². The van der Waals surface area contributed by atoms with Gasteiger partial charge in [-0.3, -0.25) is 29.1 Å². The molecule has 230 valence electrons. The molecule has 44 heavy (non-hydrogen) atoms. The van der Waals surface area contributed by atoms with Crippen molar-refractivity contribution in [2.45, 2.75) is 19.8 Å². The molecule has 3 aromatic rings. The Labute approximate surface area is 253 Å². The van der Waals surface area contributed by atoms with Crippen LogP contribution in [0.25, 0.3) is 16.9 Å². The number of rotatable bonds is 9. The number of ether oxygens (including phenoxy) is 1. The Morgan fingerprint density at radius 1 is 1.32 bits per heavy atom. The molecule has 0 aromatic carbocycles. The Morgan fingerprint density at radius 2 is 2.07 bits per heavy atom. The predicted octanol–water partition coefficient (Wildman–Crippen LogP) is 3.68. The van der Waals surface area contributed by atoms with Crippen LogP contribution in [0.1, 0.15) is 34.5 Å². The first kappa shape index (κ1) is 32.6. The summed E-state index contributed by atoms with van der Waals surface area (Å²) < 4.78 is 49.3. The number of alkyl halides is 2. The number of aryl methyl sites for hydroxylation is 1. The van der Waals surface area contributed by atoms with E-state index in [1.54, 1.807) is 13.0 Å². The molecule has 1 aliphatic carbocycles. The maximum atomic E-state index is 13.7. The van der Waals surface area contributed by atoms with Gasteiger partial charge < -0.3 is 19.8 Å². The molecule has 4 N–H and O–H groups in total. The number of amides is 1. The molecule has 1 aliphatic rings. The Bertz CT molecular complexity index is 1790. The van der Waals surface area contributed by atoms with Crippen LogP contribution in [0.2, 0.25) is 0 Å². The number of amidine groups is 1. The number of hydrogen-bond donors (Lipinski definition) is 4. The standard InChI is InChI=1S/C27H25F2N6O7PS/c1-4-15-8-16(15)25(30)44-27(33-13-42-43(38,39)40)34-26(37)19-11-32-22(35-6-5-14(2)7-23(35)36)10-17(19)18-9-20(24(28)29)31-12-21(18)41-3/h1,5-7,9-12,15-16,24,30H,8,13H2,2-3H3,(H,33,34,37)(H2,38,39,40)/t15-,16-/m0/s1. The SMILES string of the molecule is C#C[C@H]1C[C@@H]1C(=N)S/C(=N/COP(=O)(O)O)NC(=O)c1cnc(-n2ccc(C)cc2=O)cc1-c1cc(C(F)F)ncc1OC. The number of phosphoric ester groups is 1. The average Bonchev–Trinajstić information content (AvgIpc) is 3.76. The highest BCUT2D eigenvalue weighted by Gasteiger charge is 2.40. The second kappa shape index (κ2) is 13.6. The summed E-state index contributed by atoms with van der Waals surface area (Å²) in [5.41, 5.74) is -0.465. The molecule has 1 saturated carbocycles. The highest BCUT2D eigenvalue weighted by atomic mass is 32.2. The summed E-state index contributed by atoms with van der Waals surface area (Å²) in [6.45, 7) is 0.864. The quantitative estimate of drug-likeness (QED) is 0.116. The third kappa shape index (κ3) is 8.01. The van der Waals surface area contributed by atoms with Crippen LogP contribution in [0.15, 0.2) is 52.6 Å². The van der Waals surface area contributed by atoms with Crippen LogP contribution in [0.3, 0.4) is 0 Å². The molecule has 0 spiro atoms. The summed E-state index contributed by atoms with van der Waals surface area (Å²) >= 11 is 0.700. The zero-order chi connectivity index (χ0) is 32.2. The van der Waals surface area contributed by atoms with Crippen molar-refractivity contribution in [2.24, 2.45) is 16.8 Å². The zero-order valence-corrected chi connectivity index (χ0v) is 24.8. The molecule has 0 radical (unpaired) electrons. The number of pyridine rings is 3. The van der Waals surface area contributed by atoms with Crippen LogP contribution in [-0.4, -0.2) is 54.3 Å². The van der Waals surface area contributed by atoms with E-state index in [9.17, 15) is 22.9 Å². The molecule has 1 fully saturated rings. The number of methoxy groups -OCH3 is 1. The molecule has 0 saturated heterocycles. The summed E-state index contributed by atoms with van der Waals surface area (Å²) in [5.74, 6) is 1.29. The molecule has 3 aromatic heterocycles. The Balaban J connectivity index is 1.79. The van der Waals surface area contributed by atoms with Crippen molar-refractivity contribution in [2.75, 3.05) is 13.8 Å². The molecular formula is C27H25F2N6O7PS. The van der Waals surface area contributed by atoms with Crippen molar-refractivity contribution in [1.82, 2.24) is 19.9 Å². The van der Waals surface area contributed by atoms with Gasteiger partial charge in [0.1, 0.15) is 17.3 Å². The summed E-state index contributed by atoms with van der Waals surface area (Å²) in [4.78, 5) is 56.2. The van der Waals surface area contributed by atoms with Gasteiger partial charge in [0.2, 0.25) is 0 Å². The fraction of sp³-hybridized carbons (Fsp3) is 0.259. The summed E-state index contributed by atoms with van der Waals surface area (Å²) in [6.07, 6.45) is 6.66. The number of phosphoric acid groups is 1. The van der Waals surface area contributed by atoms with Gasteiger partial charge >= 0.3 is 7.82 Å². The van der Waals surface area contributed by atoms with Gasteiger partial charge in [0, 0.05) is 41.4 Å². The summed E-state index contributed by atoms with van der Waals surface area (Å²) in [5, 5.41) is 10.6. The van der Waals surface area contributed by atoms with E-state index in [2.05, 4.69) is 30.7 Å². The molecule has 1 amide bonds. The van der Waals surface area contributed by atoms with Crippen LogP contribution in [-0.2, 0) is 9.09 Å². The fourth-order valence-corrected chi connectivity index (χ4v) is 5.06. The number of thioether (sulfide) groups is 1. The molecule has 3 heterocycles. The molecular weight excluding hydrogens is 621 g/mol. The lowest BCUT2D eigenvalue weighted by atomic mass is 10.00. The second-order valence-electron chi connectivity index (χ2n) is 9.36. The minimum absolute atomic E-state index is 0.0293. The van der Waals surface area contributed by atoms with Crippen molar-refractivity contribution in [1.29, 1.82) is 5.41 Å². The number of halogens is 2. The maximum Gasteiger partial charge on any atom is 0.471 e. The van der Waals surface area contributed by atoms with Gasteiger partial charge in [0.25, 0.3) is 17.9 Å². The normalized spacial score (nSPS) is 16.4. The minimum Gasteiger partial charge on any atom is -0.494 e. The lowest BCUT2D eigenvalue weighted by molar-refractivity contribution is 0.0978. The van der Waals surface area contributed by atoms with E-state index in [0.717, 1.165) is 18.5 Å². The first-order valence-corrected chi connectivity index (χ1v) is 15.0. The lowest BCUT2D eigenvalue weighted by Crippen LogP contribution is -2.30. The topological polar surface area (TPSA) is 189 Å². The molecule has 17 heteroatoms. The first-order valence-electron chi connectivity index (χ1n) is 12.6. The summed E-state index contributed by atoms with van der Waals surface area (Å²) in [6, 6.07) is 5.40. The van der Waals surface area contributed by atoms with E-state index in [0.29, 0.717) is 23.7 Å². The number of aliphatic imine (C=N–C) groups is 1. The van der Waals surface area contributed by atoms with Gasteiger partial charge in [0.15, 0.2) is 11.9 Å². The summed E-state index contributed by atoms with van der Waals surface area (Å²) in [7, 11) is -3.63. The van der Waals surface area contributed by atoms with Crippen molar-refractivity contribution in [3.63, 3.8) is 0 Å². The first-order chi connectivity index (χ1) is 20.8. The molecule has 0 bridgehead atoms. The Morgan fingerprint density at radius 3 is 2.68 bits per heavy atom. The van der Waals surface area contributed by atoms with Crippen LogP contribution < -0.4 is 15.6 Å². The number of nitrogens with zero attached hydrogens (tertiary/aromatic N) is 4. The van der Waals surface area contributed by atoms with Crippen molar-refractivity contribution < 1.29 is 37.2 Å². The third-order valence-electron chi connectivity index (χ3n) is 6.28. The van der Waals surface area contributed by atoms with Crippen molar-refractivity contribution >= 4 is 35.7 Å². The smallest absolute Gasteiger partial charge is 0.471 e. The average molecular weight is 647 g/mol. The van der Waals surface area contributed by atoms with Gasteiger partial charge in [-0.15, -0.1) is 12.3 Å². The maximum absolute atomic E-state index is 13.7. The van der Waals surface area contributed by atoms with E-state index < -0.39 is 38.1 Å². The minimum atomic E-state index is -4.91. The number of terminal acetylenes is 1. The second-order valence-corrected chi connectivity index (χ2v) is 11.6. The highest BCUT2D eigenvalue weighted by Crippen LogP contribution is 2.42. The number of carbonyl (C=O) groups is 1. The van der Waals surface area contributed by atoms with E-state index in [-0.39, 0.29) is 50.3 Å². The number of nitrogens with one attached hydrogen (secondary N) is 2. The molecule has 4 rings (SSSR count). The predicted molar refractivity (Wildman–Crippen MR) is 158 cm³/mol. The monoisotopic (exact) mass is 646 g/mol. The number of hydrogen-bond acceptors (Lipinski definition) is 10. The van der Waals surface area contributed by atoms with Crippen LogP contribution >= 0.6 is 19.6 Å². The molecule has 13 nitrogen and oxygen atoms in total. The van der Waals surface area contributed by atoms with Gasteiger partial charge in [-0.1, -0.05) is 0 Å².